The third kappa shape index (κ3) is 4.75. The Hall–Kier alpha value is -0.930. The molecule has 1 fully saturated rings. The zero-order valence-corrected chi connectivity index (χ0v) is 12.3. The highest BCUT2D eigenvalue weighted by Gasteiger charge is 2.15. The molecule has 1 aromatic heterocycles. The summed E-state index contributed by atoms with van der Waals surface area (Å²) in [4.78, 5) is 9.35. The summed E-state index contributed by atoms with van der Waals surface area (Å²) in [6.45, 7) is 15.3. The number of nitrogens with zero attached hydrogens (tertiary/aromatic N) is 3. The maximum Gasteiger partial charge on any atom is 0.0372 e. The molecule has 0 bridgehead atoms. The van der Waals surface area contributed by atoms with E-state index in [0.29, 0.717) is 0 Å². The fourth-order valence-electron chi connectivity index (χ4n) is 2.11. The molecule has 3 heteroatoms. The van der Waals surface area contributed by atoms with E-state index in [1.54, 1.807) is 0 Å². The van der Waals surface area contributed by atoms with Crippen LogP contribution in [0.15, 0.2) is 18.3 Å². The minimum atomic E-state index is 1.05. The van der Waals surface area contributed by atoms with Crippen LogP contribution in [0.25, 0.3) is 0 Å². The first-order chi connectivity index (χ1) is 8.78. The average Bonchev–Trinajstić information content (AvgIpc) is 2.44. The minimum Gasteiger partial charge on any atom is -0.301 e. The Balaban J connectivity index is 0.000000771. The Morgan fingerprint density at radius 1 is 1.06 bits per heavy atom. The summed E-state index contributed by atoms with van der Waals surface area (Å²) in [5, 5.41) is 0. The highest BCUT2D eigenvalue weighted by Crippen LogP contribution is 2.07. The van der Waals surface area contributed by atoms with Gasteiger partial charge in [-0.2, -0.15) is 0 Å². The van der Waals surface area contributed by atoms with Crippen LogP contribution in [0.5, 0.6) is 0 Å². The number of hydrogen-bond acceptors (Lipinski definition) is 3. The van der Waals surface area contributed by atoms with E-state index in [-0.39, 0.29) is 0 Å². The van der Waals surface area contributed by atoms with Crippen molar-refractivity contribution in [2.45, 2.75) is 34.2 Å². The van der Waals surface area contributed by atoms with Gasteiger partial charge in [0.2, 0.25) is 0 Å². The second-order valence-corrected chi connectivity index (χ2v) is 4.52. The third-order valence-electron chi connectivity index (χ3n) is 3.29. The lowest BCUT2D eigenvalue weighted by molar-refractivity contribution is 0.132. The first kappa shape index (κ1) is 15.1. The molecule has 0 saturated carbocycles. The van der Waals surface area contributed by atoms with E-state index in [1.807, 2.05) is 27.0 Å². The molecular weight excluding hydrogens is 222 g/mol. The van der Waals surface area contributed by atoms with Crippen LogP contribution in [-0.4, -0.2) is 47.5 Å². The molecule has 2 heterocycles. The highest BCUT2D eigenvalue weighted by atomic mass is 15.3. The maximum absolute atomic E-state index is 4.34. The summed E-state index contributed by atoms with van der Waals surface area (Å²) in [5.41, 5.74) is 2.43. The van der Waals surface area contributed by atoms with Gasteiger partial charge in [0, 0.05) is 44.6 Å². The molecule has 0 aliphatic carbocycles. The second kappa shape index (κ2) is 8.22. The van der Waals surface area contributed by atoms with E-state index < -0.39 is 0 Å². The Kier molecular flexibility index (Phi) is 6.91. The molecule has 102 valence electrons. The highest BCUT2D eigenvalue weighted by molar-refractivity contribution is 5.13. The lowest BCUT2D eigenvalue weighted by atomic mass is 10.2. The van der Waals surface area contributed by atoms with Crippen molar-refractivity contribution in [2.24, 2.45) is 0 Å². The fourth-order valence-corrected chi connectivity index (χ4v) is 2.11. The van der Waals surface area contributed by atoms with Crippen LogP contribution in [-0.2, 0) is 6.54 Å². The van der Waals surface area contributed by atoms with Crippen LogP contribution in [0.1, 0.15) is 32.0 Å². The third-order valence-corrected chi connectivity index (χ3v) is 3.29. The molecule has 0 N–H and O–H groups in total. The molecule has 0 amide bonds. The molecule has 1 aromatic rings. The van der Waals surface area contributed by atoms with Gasteiger partial charge < -0.3 is 4.90 Å². The number of piperazine rings is 1. The summed E-state index contributed by atoms with van der Waals surface area (Å²) in [7, 11) is 0. The largest absolute Gasteiger partial charge is 0.301 e. The van der Waals surface area contributed by atoms with Crippen molar-refractivity contribution in [2.75, 3.05) is 32.7 Å². The standard InChI is InChI=1S/C13H21N3.C2H6/c1-3-15-6-8-16(9-7-15)11-13-5-4-12(2)14-10-13;1-2/h4-5,10H,3,6-9,11H2,1-2H3;1-2H3. The van der Waals surface area contributed by atoms with Gasteiger partial charge in [0.1, 0.15) is 0 Å². The van der Waals surface area contributed by atoms with Gasteiger partial charge in [-0.15, -0.1) is 0 Å². The SMILES string of the molecule is CC.CCN1CCN(Cc2ccc(C)nc2)CC1. The Bertz CT molecular complexity index is 313. The van der Waals surface area contributed by atoms with Gasteiger partial charge in [0.15, 0.2) is 0 Å². The first-order valence-corrected chi connectivity index (χ1v) is 7.14. The molecule has 18 heavy (non-hydrogen) atoms. The monoisotopic (exact) mass is 249 g/mol. The summed E-state index contributed by atoms with van der Waals surface area (Å²) >= 11 is 0. The Morgan fingerprint density at radius 2 is 1.67 bits per heavy atom. The van der Waals surface area contributed by atoms with Crippen molar-refractivity contribution < 1.29 is 0 Å². The second-order valence-electron chi connectivity index (χ2n) is 4.52. The Morgan fingerprint density at radius 3 is 2.17 bits per heavy atom. The summed E-state index contributed by atoms with van der Waals surface area (Å²) in [5.74, 6) is 0. The van der Waals surface area contributed by atoms with Crippen LogP contribution in [0.2, 0.25) is 0 Å². The predicted octanol–water partition coefficient (Wildman–Crippen LogP) is 2.55. The van der Waals surface area contributed by atoms with E-state index >= 15 is 0 Å². The van der Waals surface area contributed by atoms with Gasteiger partial charge >= 0.3 is 0 Å². The molecule has 2 rings (SSSR count). The predicted molar refractivity (Wildman–Crippen MR) is 77.7 cm³/mol. The number of aryl methyl sites for hydroxylation is 1. The zero-order valence-electron chi connectivity index (χ0n) is 12.3. The van der Waals surface area contributed by atoms with Crippen LogP contribution in [0.4, 0.5) is 0 Å². The molecule has 0 aromatic carbocycles. The fraction of sp³-hybridized carbons (Fsp3) is 0.667. The molecule has 1 saturated heterocycles. The molecule has 1 aliphatic rings. The van der Waals surface area contributed by atoms with Gasteiger partial charge in [-0.05, 0) is 25.1 Å². The Labute approximate surface area is 112 Å². The number of pyridine rings is 1. The minimum absolute atomic E-state index is 1.05. The summed E-state index contributed by atoms with van der Waals surface area (Å²) < 4.78 is 0. The number of rotatable bonds is 3. The maximum atomic E-state index is 4.34. The molecule has 0 atom stereocenters. The van der Waals surface area contributed by atoms with Crippen LogP contribution in [0, 0.1) is 6.92 Å². The molecular formula is C15H27N3. The van der Waals surface area contributed by atoms with Crippen molar-refractivity contribution in [3.63, 3.8) is 0 Å². The van der Waals surface area contributed by atoms with E-state index in [1.165, 1.54) is 38.3 Å². The lowest BCUT2D eigenvalue weighted by Crippen LogP contribution is -2.45. The average molecular weight is 249 g/mol. The van der Waals surface area contributed by atoms with Crippen molar-refractivity contribution in [3.05, 3.63) is 29.6 Å². The molecule has 0 unspecified atom stereocenters. The van der Waals surface area contributed by atoms with Gasteiger partial charge in [-0.25, -0.2) is 0 Å². The van der Waals surface area contributed by atoms with E-state index in [0.717, 1.165) is 12.2 Å². The first-order valence-electron chi connectivity index (χ1n) is 7.14. The lowest BCUT2D eigenvalue weighted by Gasteiger charge is -2.33. The van der Waals surface area contributed by atoms with Crippen LogP contribution in [0.3, 0.4) is 0 Å². The topological polar surface area (TPSA) is 19.4 Å². The van der Waals surface area contributed by atoms with Gasteiger partial charge in [-0.3, -0.25) is 9.88 Å². The normalized spacial score (nSPS) is 17.1. The van der Waals surface area contributed by atoms with Gasteiger partial charge in [0.25, 0.3) is 0 Å². The number of likely N-dealkylation sites (N-methyl/N-ethyl adjacent to an activating group) is 1. The number of aromatic nitrogens is 1. The molecule has 0 radical (unpaired) electrons. The zero-order chi connectivity index (χ0) is 13.4. The van der Waals surface area contributed by atoms with E-state index in [2.05, 4.69) is 33.8 Å². The van der Waals surface area contributed by atoms with Gasteiger partial charge in [0.05, 0.1) is 0 Å². The summed E-state index contributed by atoms with van der Waals surface area (Å²) in [6.07, 6.45) is 2.00. The van der Waals surface area contributed by atoms with E-state index in [9.17, 15) is 0 Å². The van der Waals surface area contributed by atoms with Crippen LogP contribution < -0.4 is 0 Å². The molecule has 1 aliphatic heterocycles. The summed E-state index contributed by atoms with van der Waals surface area (Å²) in [6, 6.07) is 4.28. The van der Waals surface area contributed by atoms with E-state index in [4.69, 9.17) is 0 Å². The van der Waals surface area contributed by atoms with Crippen molar-refractivity contribution in [1.82, 2.24) is 14.8 Å². The van der Waals surface area contributed by atoms with Crippen molar-refractivity contribution in [1.29, 1.82) is 0 Å². The smallest absolute Gasteiger partial charge is 0.0372 e. The molecule has 3 nitrogen and oxygen atoms in total. The number of hydrogen-bond donors (Lipinski definition) is 0. The van der Waals surface area contributed by atoms with Crippen molar-refractivity contribution in [3.8, 4) is 0 Å². The van der Waals surface area contributed by atoms with Crippen LogP contribution >= 0.6 is 0 Å². The quantitative estimate of drug-likeness (QED) is 0.820. The van der Waals surface area contributed by atoms with Crippen molar-refractivity contribution >= 4 is 0 Å². The van der Waals surface area contributed by atoms with Gasteiger partial charge in [-0.1, -0.05) is 26.8 Å². The molecule has 0 spiro atoms.